The summed E-state index contributed by atoms with van der Waals surface area (Å²) in [6, 6.07) is 8.46. The van der Waals surface area contributed by atoms with Crippen molar-refractivity contribution in [2.75, 3.05) is 39.8 Å². The molecule has 3 rings (SSSR count). The van der Waals surface area contributed by atoms with Crippen LogP contribution in [0.2, 0.25) is 0 Å². The Kier molecular flexibility index (Phi) is 6.18. The number of aromatic nitrogens is 2. The topological polar surface area (TPSA) is 44.5 Å². The molecule has 0 radical (unpaired) electrons. The maximum Gasteiger partial charge on any atom is 0.125 e. The normalized spacial score (nSPS) is 16.6. The Morgan fingerprint density at radius 2 is 2.08 bits per heavy atom. The van der Waals surface area contributed by atoms with Crippen LogP contribution in [0.5, 0.6) is 0 Å². The molecule has 0 bridgehead atoms. The summed E-state index contributed by atoms with van der Waals surface area (Å²) >= 11 is 0. The predicted molar refractivity (Wildman–Crippen MR) is 96.1 cm³/mol. The minimum Gasteiger partial charge on any atom is -0.395 e. The smallest absolute Gasteiger partial charge is 0.125 e. The minimum atomic E-state index is -0.251. The molecule has 1 fully saturated rings. The van der Waals surface area contributed by atoms with Gasteiger partial charge in [0.1, 0.15) is 5.82 Å². The number of β-amino-alcohol motifs (C(OH)–C–C–N with tert-alkyl or cyclic N) is 1. The van der Waals surface area contributed by atoms with Crippen molar-refractivity contribution < 1.29 is 9.50 Å². The Bertz CT molecular complexity index is 667. The van der Waals surface area contributed by atoms with Gasteiger partial charge in [0.2, 0.25) is 0 Å². The Hall–Kier alpha value is -1.76. The molecule has 0 atom stereocenters. The number of hydrogen-bond donors (Lipinski definition) is 1. The van der Waals surface area contributed by atoms with E-state index in [-0.39, 0.29) is 12.4 Å². The highest BCUT2D eigenvalue weighted by atomic mass is 19.1. The Balaban J connectivity index is 1.50. The number of nitrogens with zero attached hydrogens (tertiary/aromatic N) is 4. The highest BCUT2D eigenvalue weighted by Gasteiger charge is 2.20. The summed E-state index contributed by atoms with van der Waals surface area (Å²) in [5.74, 6) is 0.449. The van der Waals surface area contributed by atoms with Crippen LogP contribution in [0, 0.1) is 11.7 Å². The van der Waals surface area contributed by atoms with E-state index >= 15 is 0 Å². The van der Waals surface area contributed by atoms with Crippen LogP contribution in [0.25, 0.3) is 5.69 Å². The van der Waals surface area contributed by atoms with Crippen molar-refractivity contribution in [2.45, 2.75) is 19.4 Å². The fourth-order valence-corrected chi connectivity index (χ4v) is 3.52. The van der Waals surface area contributed by atoms with E-state index in [9.17, 15) is 4.39 Å². The molecule has 5 nitrogen and oxygen atoms in total. The first-order valence-electron chi connectivity index (χ1n) is 8.96. The van der Waals surface area contributed by atoms with Gasteiger partial charge in [-0.15, -0.1) is 0 Å². The fourth-order valence-electron chi connectivity index (χ4n) is 3.52. The van der Waals surface area contributed by atoms with Crippen LogP contribution in [-0.2, 0) is 6.54 Å². The first-order chi connectivity index (χ1) is 12.1. The molecule has 2 heterocycles. The molecular weight excluding hydrogens is 319 g/mol. The van der Waals surface area contributed by atoms with E-state index in [2.05, 4.69) is 21.9 Å². The molecule has 2 aromatic rings. The number of rotatable bonds is 7. The molecule has 1 aliphatic rings. The standard InChI is InChI=1S/C19H27FN4O/c1-22(14-16-5-8-23(9-6-16)11-12-25)15-18-7-10-24(21-18)19-4-2-3-17(20)13-19/h2-4,7,10,13,16,25H,5-6,8-9,11-12,14-15H2,1H3. The molecule has 1 aromatic heterocycles. The third-order valence-corrected chi connectivity index (χ3v) is 4.84. The monoisotopic (exact) mass is 346 g/mol. The second-order valence-corrected chi connectivity index (χ2v) is 6.94. The van der Waals surface area contributed by atoms with E-state index in [0.717, 1.165) is 44.1 Å². The van der Waals surface area contributed by atoms with Gasteiger partial charge in [-0.25, -0.2) is 9.07 Å². The number of piperidine rings is 1. The van der Waals surface area contributed by atoms with Crippen molar-refractivity contribution in [1.29, 1.82) is 0 Å². The van der Waals surface area contributed by atoms with Crippen molar-refractivity contribution in [3.63, 3.8) is 0 Å². The first kappa shape index (κ1) is 18.0. The zero-order valence-electron chi connectivity index (χ0n) is 14.8. The summed E-state index contributed by atoms with van der Waals surface area (Å²) in [4.78, 5) is 4.64. The van der Waals surface area contributed by atoms with Crippen LogP contribution in [0.15, 0.2) is 36.5 Å². The van der Waals surface area contributed by atoms with Crippen LogP contribution in [0.3, 0.4) is 0 Å². The molecule has 136 valence electrons. The molecular formula is C19H27FN4O. The summed E-state index contributed by atoms with van der Waals surface area (Å²) in [6.45, 7) is 5.04. The van der Waals surface area contributed by atoms with E-state index < -0.39 is 0 Å². The van der Waals surface area contributed by atoms with Gasteiger partial charge in [-0.3, -0.25) is 0 Å². The molecule has 1 aliphatic heterocycles. The SMILES string of the molecule is CN(Cc1ccn(-c2cccc(F)c2)n1)CC1CCN(CCO)CC1. The number of benzene rings is 1. The Labute approximate surface area is 148 Å². The van der Waals surface area contributed by atoms with Gasteiger partial charge in [0.25, 0.3) is 0 Å². The summed E-state index contributed by atoms with van der Waals surface area (Å²) in [5, 5.41) is 13.6. The lowest BCUT2D eigenvalue weighted by Crippen LogP contribution is -2.38. The van der Waals surface area contributed by atoms with Gasteiger partial charge in [-0.1, -0.05) is 6.07 Å². The van der Waals surface area contributed by atoms with Gasteiger partial charge in [-0.05, 0) is 63.2 Å². The molecule has 1 saturated heterocycles. The second kappa shape index (κ2) is 8.56. The van der Waals surface area contributed by atoms with Crippen molar-refractivity contribution in [3.8, 4) is 5.69 Å². The Morgan fingerprint density at radius 1 is 1.28 bits per heavy atom. The van der Waals surface area contributed by atoms with Crippen LogP contribution in [-0.4, -0.2) is 64.5 Å². The van der Waals surface area contributed by atoms with E-state index in [0.29, 0.717) is 5.92 Å². The summed E-state index contributed by atoms with van der Waals surface area (Å²) in [7, 11) is 2.13. The second-order valence-electron chi connectivity index (χ2n) is 6.94. The van der Waals surface area contributed by atoms with Gasteiger partial charge in [0, 0.05) is 25.8 Å². The third-order valence-electron chi connectivity index (χ3n) is 4.84. The van der Waals surface area contributed by atoms with Crippen molar-refractivity contribution >= 4 is 0 Å². The first-order valence-corrected chi connectivity index (χ1v) is 8.96. The maximum atomic E-state index is 13.3. The number of aliphatic hydroxyl groups is 1. The molecule has 0 amide bonds. The molecule has 1 aromatic carbocycles. The number of hydrogen-bond acceptors (Lipinski definition) is 4. The highest BCUT2D eigenvalue weighted by Crippen LogP contribution is 2.18. The lowest BCUT2D eigenvalue weighted by molar-refractivity contribution is 0.129. The number of aliphatic hydroxyl groups excluding tert-OH is 1. The lowest BCUT2D eigenvalue weighted by Gasteiger charge is -2.33. The lowest BCUT2D eigenvalue weighted by atomic mass is 9.96. The van der Waals surface area contributed by atoms with E-state index in [4.69, 9.17) is 5.11 Å². The summed E-state index contributed by atoms with van der Waals surface area (Å²) in [6.07, 6.45) is 4.25. The van der Waals surface area contributed by atoms with Gasteiger partial charge in [-0.2, -0.15) is 5.10 Å². The Morgan fingerprint density at radius 3 is 2.80 bits per heavy atom. The average Bonchev–Trinajstić information content (AvgIpc) is 3.05. The molecule has 0 unspecified atom stereocenters. The van der Waals surface area contributed by atoms with Crippen molar-refractivity contribution in [2.24, 2.45) is 5.92 Å². The van der Waals surface area contributed by atoms with Gasteiger partial charge in [0.15, 0.2) is 0 Å². The predicted octanol–water partition coefficient (Wildman–Crippen LogP) is 2.15. The van der Waals surface area contributed by atoms with Gasteiger partial charge in [0.05, 0.1) is 18.0 Å². The summed E-state index contributed by atoms with van der Waals surface area (Å²) < 4.78 is 15.1. The maximum absolute atomic E-state index is 13.3. The van der Waals surface area contributed by atoms with E-state index in [1.54, 1.807) is 10.7 Å². The van der Waals surface area contributed by atoms with Crippen LogP contribution in [0.1, 0.15) is 18.5 Å². The van der Waals surface area contributed by atoms with Crippen LogP contribution in [0.4, 0.5) is 4.39 Å². The van der Waals surface area contributed by atoms with Crippen LogP contribution >= 0.6 is 0 Å². The molecule has 0 aliphatic carbocycles. The highest BCUT2D eigenvalue weighted by molar-refractivity contribution is 5.31. The zero-order chi connectivity index (χ0) is 17.6. The molecule has 1 N–H and O–H groups in total. The van der Waals surface area contributed by atoms with E-state index in [1.165, 1.54) is 25.0 Å². The molecule has 25 heavy (non-hydrogen) atoms. The van der Waals surface area contributed by atoms with Crippen molar-refractivity contribution in [3.05, 3.63) is 48.0 Å². The van der Waals surface area contributed by atoms with Crippen LogP contribution < -0.4 is 0 Å². The number of halogens is 1. The van der Waals surface area contributed by atoms with E-state index in [1.807, 2.05) is 18.3 Å². The fraction of sp³-hybridized carbons (Fsp3) is 0.526. The quantitative estimate of drug-likeness (QED) is 0.834. The minimum absolute atomic E-state index is 0.249. The molecule has 6 heteroatoms. The largest absolute Gasteiger partial charge is 0.395 e. The summed E-state index contributed by atoms with van der Waals surface area (Å²) in [5.41, 5.74) is 1.73. The van der Waals surface area contributed by atoms with Gasteiger partial charge >= 0.3 is 0 Å². The average molecular weight is 346 g/mol. The van der Waals surface area contributed by atoms with Crippen molar-refractivity contribution in [1.82, 2.24) is 19.6 Å². The molecule has 0 spiro atoms. The molecule has 0 saturated carbocycles. The zero-order valence-corrected chi connectivity index (χ0v) is 14.8. The number of likely N-dealkylation sites (tertiary alicyclic amines) is 1. The van der Waals surface area contributed by atoms with Gasteiger partial charge < -0.3 is 14.9 Å². The third kappa shape index (κ3) is 5.11.